The molecule has 0 N–H and O–H groups in total. The highest BCUT2D eigenvalue weighted by Gasteiger charge is 2.36. The molecule has 1 aliphatic rings. The molecule has 1 unspecified atom stereocenters. The first-order valence-electron chi connectivity index (χ1n) is 10.3. The van der Waals surface area contributed by atoms with E-state index in [1.807, 2.05) is 66.7 Å². The van der Waals surface area contributed by atoms with Crippen molar-refractivity contribution in [2.24, 2.45) is 0 Å². The first-order chi connectivity index (χ1) is 15.6. The lowest BCUT2D eigenvalue weighted by Gasteiger charge is -2.28. The highest BCUT2D eigenvalue weighted by molar-refractivity contribution is 5.92. The van der Waals surface area contributed by atoms with Crippen LogP contribution in [0.3, 0.4) is 0 Å². The number of rotatable bonds is 4. The van der Waals surface area contributed by atoms with Crippen LogP contribution in [0.15, 0.2) is 77.6 Å². The normalized spacial score (nSPS) is 15.2. The second-order valence-electron chi connectivity index (χ2n) is 7.55. The number of hydrogen-bond donors (Lipinski definition) is 0. The van der Waals surface area contributed by atoms with Crippen molar-refractivity contribution in [3.05, 3.63) is 94.3 Å². The van der Waals surface area contributed by atoms with Crippen LogP contribution in [0, 0.1) is 0 Å². The van der Waals surface area contributed by atoms with Crippen LogP contribution >= 0.6 is 0 Å². The maximum atomic E-state index is 14.0. The molecule has 1 aliphatic heterocycles. The Morgan fingerprint density at radius 3 is 2.38 bits per heavy atom. The van der Waals surface area contributed by atoms with Crippen molar-refractivity contribution in [1.29, 1.82) is 0 Å². The Kier molecular flexibility index (Phi) is 4.90. The van der Waals surface area contributed by atoms with Gasteiger partial charge in [-0.1, -0.05) is 42.5 Å². The molecule has 0 bridgehead atoms. The summed E-state index contributed by atoms with van der Waals surface area (Å²) < 4.78 is 18.4. The molecule has 6 heteroatoms. The molecule has 0 radical (unpaired) electrons. The van der Waals surface area contributed by atoms with Crippen molar-refractivity contribution in [3.8, 4) is 22.9 Å². The van der Waals surface area contributed by atoms with Crippen LogP contribution in [0.2, 0.25) is 0 Å². The van der Waals surface area contributed by atoms with E-state index >= 15 is 0 Å². The lowest BCUT2D eigenvalue weighted by atomic mass is 9.85. The molecule has 2 heterocycles. The van der Waals surface area contributed by atoms with Crippen molar-refractivity contribution in [2.75, 3.05) is 14.2 Å². The molecular formula is C26H21NO5. The molecule has 6 nitrogen and oxygen atoms in total. The molecule has 0 aliphatic carbocycles. The average molecular weight is 427 g/mol. The van der Waals surface area contributed by atoms with Gasteiger partial charge in [0.15, 0.2) is 11.5 Å². The maximum absolute atomic E-state index is 14.0. The van der Waals surface area contributed by atoms with Gasteiger partial charge < -0.3 is 14.2 Å². The molecule has 1 aromatic heterocycles. The van der Waals surface area contributed by atoms with E-state index in [0.29, 0.717) is 39.3 Å². The average Bonchev–Trinajstić information content (AvgIpc) is 2.83. The number of esters is 1. The number of carbonyl (C=O) groups excluding carboxylic acids is 1. The minimum absolute atomic E-state index is 0.0267. The number of nitrogens with zero attached hydrogens (tertiary/aromatic N) is 1. The van der Waals surface area contributed by atoms with Gasteiger partial charge in [0.2, 0.25) is 0 Å². The van der Waals surface area contributed by atoms with Gasteiger partial charge in [0, 0.05) is 22.6 Å². The van der Waals surface area contributed by atoms with E-state index in [2.05, 4.69) is 0 Å². The number of aromatic nitrogens is 1. The fourth-order valence-electron chi connectivity index (χ4n) is 4.46. The number of carbonyl (C=O) groups is 1. The van der Waals surface area contributed by atoms with Gasteiger partial charge in [-0.25, -0.2) is 0 Å². The van der Waals surface area contributed by atoms with Crippen molar-refractivity contribution in [1.82, 2.24) is 4.57 Å². The van der Waals surface area contributed by atoms with Crippen LogP contribution in [0.5, 0.6) is 17.2 Å². The summed E-state index contributed by atoms with van der Waals surface area (Å²) in [5.41, 5.74) is 2.32. The molecule has 5 rings (SSSR count). The van der Waals surface area contributed by atoms with Crippen LogP contribution < -0.4 is 19.8 Å². The van der Waals surface area contributed by atoms with Crippen molar-refractivity contribution in [3.63, 3.8) is 0 Å². The number of methoxy groups -OCH3 is 2. The Morgan fingerprint density at radius 1 is 0.875 bits per heavy atom. The molecule has 3 aromatic carbocycles. The Hall–Kier alpha value is -4.06. The van der Waals surface area contributed by atoms with Gasteiger partial charge in [0.1, 0.15) is 5.75 Å². The highest BCUT2D eigenvalue weighted by atomic mass is 16.5. The van der Waals surface area contributed by atoms with E-state index in [4.69, 9.17) is 14.2 Å². The standard InChI is InChI=1S/C26H21NO5/c1-30-21-14-8-12-17(24(21)31-2)19-15-22(28)32-25-18-11-6-7-13-20(18)27(26(29)23(19)25)16-9-4-3-5-10-16/h3-14,19H,15H2,1-2H3. The SMILES string of the molecule is COc1cccc(C2CC(=O)Oc3c2c(=O)n(-c2ccccc2)c2ccccc32)c1OC. The number of pyridine rings is 1. The summed E-state index contributed by atoms with van der Waals surface area (Å²) in [7, 11) is 3.10. The molecule has 4 aromatic rings. The third-order valence-electron chi connectivity index (χ3n) is 5.83. The number of hydrogen-bond acceptors (Lipinski definition) is 5. The first kappa shape index (κ1) is 19.9. The van der Waals surface area contributed by atoms with Gasteiger partial charge in [0.05, 0.1) is 31.7 Å². The van der Waals surface area contributed by atoms with Crippen LogP contribution in [0.4, 0.5) is 0 Å². The van der Waals surface area contributed by atoms with E-state index in [9.17, 15) is 9.59 Å². The van der Waals surface area contributed by atoms with Crippen LogP contribution in [-0.4, -0.2) is 24.8 Å². The van der Waals surface area contributed by atoms with Gasteiger partial charge in [0.25, 0.3) is 5.56 Å². The fourth-order valence-corrected chi connectivity index (χ4v) is 4.46. The van der Waals surface area contributed by atoms with Crippen molar-refractivity contribution in [2.45, 2.75) is 12.3 Å². The zero-order chi connectivity index (χ0) is 22.2. The van der Waals surface area contributed by atoms with Crippen molar-refractivity contribution >= 4 is 16.9 Å². The maximum Gasteiger partial charge on any atom is 0.312 e. The molecule has 0 saturated heterocycles. The van der Waals surface area contributed by atoms with Gasteiger partial charge in [-0.3, -0.25) is 14.2 Å². The largest absolute Gasteiger partial charge is 0.493 e. The molecular weight excluding hydrogens is 406 g/mol. The molecule has 0 saturated carbocycles. The Bertz CT molecular complexity index is 1390. The number of para-hydroxylation sites is 3. The van der Waals surface area contributed by atoms with Crippen LogP contribution in [0.25, 0.3) is 16.6 Å². The third kappa shape index (κ3) is 3.03. The zero-order valence-corrected chi connectivity index (χ0v) is 17.7. The number of benzene rings is 3. The quantitative estimate of drug-likeness (QED) is 0.450. The van der Waals surface area contributed by atoms with E-state index in [1.54, 1.807) is 24.9 Å². The Morgan fingerprint density at radius 2 is 1.62 bits per heavy atom. The summed E-state index contributed by atoms with van der Waals surface area (Å²) in [5.74, 6) is 0.413. The second kappa shape index (κ2) is 7.89. The summed E-state index contributed by atoms with van der Waals surface area (Å²) in [6.07, 6.45) is 0.0267. The summed E-state index contributed by atoms with van der Waals surface area (Å²) >= 11 is 0. The summed E-state index contributed by atoms with van der Waals surface area (Å²) in [6, 6.07) is 22.4. The summed E-state index contributed by atoms with van der Waals surface area (Å²) in [5, 5.41) is 0.700. The van der Waals surface area contributed by atoms with E-state index in [0.717, 1.165) is 5.69 Å². The molecule has 0 spiro atoms. The van der Waals surface area contributed by atoms with E-state index < -0.39 is 11.9 Å². The predicted molar refractivity (Wildman–Crippen MR) is 121 cm³/mol. The first-order valence-corrected chi connectivity index (χ1v) is 10.3. The van der Waals surface area contributed by atoms with Crippen LogP contribution in [-0.2, 0) is 4.79 Å². The Labute approximate surface area is 184 Å². The van der Waals surface area contributed by atoms with Gasteiger partial charge in [-0.15, -0.1) is 0 Å². The van der Waals surface area contributed by atoms with Gasteiger partial charge in [-0.2, -0.15) is 0 Å². The second-order valence-corrected chi connectivity index (χ2v) is 7.55. The summed E-state index contributed by atoms with van der Waals surface area (Å²) in [6.45, 7) is 0. The minimum atomic E-state index is -0.539. The van der Waals surface area contributed by atoms with Crippen LogP contribution in [0.1, 0.15) is 23.5 Å². The molecule has 160 valence electrons. The lowest BCUT2D eigenvalue weighted by Crippen LogP contribution is -2.32. The molecule has 1 atom stereocenters. The smallest absolute Gasteiger partial charge is 0.312 e. The minimum Gasteiger partial charge on any atom is -0.493 e. The third-order valence-corrected chi connectivity index (χ3v) is 5.83. The number of fused-ring (bicyclic) bond motifs is 3. The molecule has 32 heavy (non-hydrogen) atoms. The predicted octanol–water partition coefficient (Wildman–Crippen LogP) is 4.45. The number of ether oxygens (including phenoxy) is 3. The fraction of sp³-hybridized carbons (Fsp3) is 0.154. The molecule has 0 amide bonds. The van der Waals surface area contributed by atoms with Gasteiger partial charge >= 0.3 is 5.97 Å². The molecule has 0 fully saturated rings. The van der Waals surface area contributed by atoms with Crippen molar-refractivity contribution < 1.29 is 19.0 Å². The van der Waals surface area contributed by atoms with Gasteiger partial charge in [-0.05, 0) is 30.3 Å². The Balaban J connectivity index is 1.88. The topological polar surface area (TPSA) is 66.8 Å². The highest BCUT2D eigenvalue weighted by Crippen LogP contribution is 2.45. The lowest BCUT2D eigenvalue weighted by molar-refractivity contribution is -0.135. The monoisotopic (exact) mass is 427 g/mol. The van der Waals surface area contributed by atoms with E-state index in [-0.39, 0.29) is 12.0 Å². The summed E-state index contributed by atoms with van der Waals surface area (Å²) in [4.78, 5) is 26.6. The van der Waals surface area contributed by atoms with E-state index in [1.165, 1.54) is 0 Å². The zero-order valence-electron chi connectivity index (χ0n) is 17.7.